The summed E-state index contributed by atoms with van der Waals surface area (Å²) in [6.45, 7) is 0.275. The van der Waals surface area contributed by atoms with Crippen LogP contribution in [0, 0.1) is 5.82 Å². The number of thioether (sulfide) groups is 1. The minimum absolute atomic E-state index is 0.173. The van der Waals surface area contributed by atoms with Crippen molar-refractivity contribution in [1.29, 1.82) is 0 Å². The molecule has 0 bridgehead atoms. The van der Waals surface area contributed by atoms with Crippen LogP contribution in [0.25, 0.3) is 0 Å². The third-order valence-electron chi connectivity index (χ3n) is 4.48. The number of nitrogens with one attached hydrogen (secondary N) is 1. The number of rotatable bonds is 5. The summed E-state index contributed by atoms with van der Waals surface area (Å²) in [5.41, 5.74) is 1.65. The SMILES string of the molecule is O=C(NCc1ccc(F)cc1)C1CSC(c2ccoc2)N1C(=O)c1cccs1. The number of halogens is 1. The van der Waals surface area contributed by atoms with E-state index in [-0.39, 0.29) is 29.6 Å². The molecule has 0 spiro atoms. The molecule has 2 atom stereocenters. The molecular weight excluding hydrogens is 399 g/mol. The average Bonchev–Trinajstić information content (AvgIpc) is 3.47. The summed E-state index contributed by atoms with van der Waals surface area (Å²) in [7, 11) is 0. The second-order valence-electron chi connectivity index (χ2n) is 6.29. The Labute approximate surface area is 169 Å². The van der Waals surface area contributed by atoms with Gasteiger partial charge in [-0.1, -0.05) is 18.2 Å². The van der Waals surface area contributed by atoms with Crippen LogP contribution in [0.3, 0.4) is 0 Å². The first kappa shape index (κ1) is 18.8. The largest absolute Gasteiger partial charge is 0.472 e. The topological polar surface area (TPSA) is 62.6 Å². The Morgan fingerprint density at radius 3 is 2.71 bits per heavy atom. The van der Waals surface area contributed by atoms with Gasteiger partial charge in [-0.05, 0) is 35.2 Å². The smallest absolute Gasteiger partial charge is 0.265 e. The van der Waals surface area contributed by atoms with Crippen LogP contribution in [0.2, 0.25) is 0 Å². The molecule has 1 aliphatic heterocycles. The number of benzene rings is 1. The van der Waals surface area contributed by atoms with Crippen LogP contribution >= 0.6 is 23.1 Å². The van der Waals surface area contributed by atoms with Crippen LogP contribution in [0.5, 0.6) is 0 Å². The van der Waals surface area contributed by atoms with Crippen molar-refractivity contribution in [2.24, 2.45) is 0 Å². The Kier molecular flexibility index (Phi) is 5.50. The lowest BCUT2D eigenvalue weighted by molar-refractivity contribution is -0.125. The van der Waals surface area contributed by atoms with E-state index < -0.39 is 6.04 Å². The van der Waals surface area contributed by atoms with Gasteiger partial charge in [0.2, 0.25) is 5.91 Å². The molecular formula is C20H17FN2O3S2. The van der Waals surface area contributed by atoms with E-state index in [9.17, 15) is 14.0 Å². The molecule has 8 heteroatoms. The summed E-state index contributed by atoms with van der Waals surface area (Å²) in [4.78, 5) is 28.2. The van der Waals surface area contributed by atoms with Gasteiger partial charge in [0, 0.05) is 17.9 Å². The summed E-state index contributed by atoms with van der Waals surface area (Å²) in [6.07, 6.45) is 3.16. The van der Waals surface area contributed by atoms with Crippen molar-refractivity contribution in [3.05, 3.63) is 82.2 Å². The second kappa shape index (κ2) is 8.20. The number of thiophene rings is 1. The van der Waals surface area contributed by atoms with Crippen molar-refractivity contribution in [2.75, 3.05) is 5.75 Å². The van der Waals surface area contributed by atoms with E-state index in [0.717, 1.165) is 11.1 Å². The fraction of sp³-hybridized carbons (Fsp3) is 0.200. The fourth-order valence-corrected chi connectivity index (χ4v) is 5.14. The van der Waals surface area contributed by atoms with Gasteiger partial charge in [0.25, 0.3) is 5.91 Å². The molecule has 0 saturated carbocycles. The lowest BCUT2D eigenvalue weighted by Crippen LogP contribution is -2.47. The lowest BCUT2D eigenvalue weighted by Gasteiger charge is -2.28. The Morgan fingerprint density at radius 1 is 1.21 bits per heavy atom. The number of nitrogens with zero attached hydrogens (tertiary/aromatic N) is 1. The van der Waals surface area contributed by atoms with E-state index in [0.29, 0.717) is 10.6 Å². The summed E-state index contributed by atoms with van der Waals surface area (Å²) in [6, 6.07) is 10.8. The molecule has 1 N–H and O–H groups in total. The van der Waals surface area contributed by atoms with Gasteiger partial charge in [-0.2, -0.15) is 0 Å². The van der Waals surface area contributed by atoms with E-state index in [2.05, 4.69) is 5.32 Å². The van der Waals surface area contributed by atoms with E-state index in [4.69, 9.17) is 4.42 Å². The highest BCUT2D eigenvalue weighted by atomic mass is 32.2. The van der Waals surface area contributed by atoms with Crippen molar-refractivity contribution < 1.29 is 18.4 Å². The van der Waals surface area contributed by atoms with Crippen molar-refractivity contribution >= 4 is 34.9 Å². The van der Waals surface area contributed by atoms with Gasteiger partial charge in [0.1, 0.15) is 17.2 Å². The molecule has 0 aliphatic carbocycles. The predicted molar refractivity (Wildman–Crippen MR) is 106 cm³/mol. The van der Waals surface area contributed by atoms with Gasteiger partial charge in [-0.3, -0.25) is 9.59 Å². The number of carbonyl (C=O) groups is 2. The first-order valence-corrected chi connectivity index (χ1v) is 10.6. The van der Waals surface area contributed by atoms with Gasteiger partial charge in [0.05, 0.1) is 17.4 Å². The van der Waals surface area contributed by atoms with Crippen LogP contribution in [0.1, 0.15) is 26.2 Å². The number of hydrogen-bond acceptors (Lipinski definition) is 5. The second-order valence-corrected chi connectivity index (χ2v) is 8.35. The molecule has 3 aromatic rings. The normalized spacial score (nSPS) is 19.0. The Balaban J connectivity index is 1.53. The van der Waals surface area contributed by atoms with E-state index in [1.807, 2.05) is 17.5 Å². The standard InChI is InChI=1S/C20H17FN2O3S2/c21-15-5-3-13(4-6-15)10-22-18(24)16-12-28-20(14-7-8-26-11-14)23(16)19(25)17-2-1-9-27-17/h1-9,11,16,20H,10,12H2,(H,22,24). The summed E-state index contributed by atoms with van der Waals surface area (Å²) in [5.74, 6) is -0.235. The maximum absolute atomic E-state index is 13.1. The lowest BCUT2D eigenvalue weighted by atomic mass is 10.2. The van der Waals surface area contributed by atoms with Crippen molar-refractivity contribution in [3.63, 3.8) is 0 Å². The van der Waals surface area contributed by atoms with E-state index >= 15 is 0 Å². The molecule has 1 aliphatic rings. The molecule has 1 saturated heterocycles. The third-order valence-corrected chi connectivity index (χ3v) is 6.66. The molecule has 2 unspecified atom stereocenters. The summed E-state index contributed by atoms with van der Waals surface area (Å²) >= 11 is 2.88. The van der Waals surface area contributed by atoms with E-state index in [1.165, 1.54) is 35.2 Å². The van der Waals surface area contributed by atoms with Gasteiger partial charge in [0.15, 0.2) is 0 Å². The van der Waals surface area contributed by atoms with Crippen molar-refractivity contribution in [3.8, 4) is 0 Å². The van der Waals surface area contributed by atoms with Crippen LogP contribution in [-0.2, 0) is 11.3 Å². The van der Waals surface area contributed by atoms with E-state index in [1.54, 1.807) is 35.6 Å². The van der Waals surface area contributed by atoms with Crippen molar-refractivity contribution in [1.82, 2.24) is 10.2 Å². The quantitative estimate of drug-likeness (QED) is 0.682. The zero-order chi connectivity index (χ0) is 19.5. The van der Waals surface area contributed by atoms with Gasteiger partial charge in [-0.15, -0.1) is 23.1 Å². The first-order chi connectivity index (χ1) is 13.6. The van der Waals surface area contributed by atoms with Gasteiger partial charge >= 0.3 is 0 Å². The Morgan fingerprint density at radius 2 is 2.04 bits per heavy atom. The molecule has 2 aromatic heterocycles. The third kappa shape index (κ3) is 3.83. The number of hydrogen-bond donors (Lipinski definition) is 1. The van der Waals surface area contributed by atoms with Crippen molar-refractivity contribution in [2.45, 2.75) is 18.0 Å². The van der Waals surface area contributed by atoms with Gasteiger partial charge < -0.3 is 14.6 Å². The first-order valence-electron chi connectivity index (χ1n) is 8.65. The maximum atomic E-state index is 13.1. The van der Waals surface area contributed by atoms with Crippen LogP contribution in [0.15, 0.2) is 64.8 Å². The molecule has 0 radical (unpaired) electrons. The highest BCUT2D eigenvalue weighted by molar-refractivity contribution is 7.99. The number of furan rings is 1. The van der Waals surface area contributed by atoms with Crippen LogP contribution < -0.4 is 5.32 Å². The fourth-order valence-electron chi connectivity index (χ4n) is 3.07. The Hall–Kier alpha value is -2.58. The average molecular weight is 416 g/mol. The van der Waals surface area contributed by atoms with Crippen LogP contribution in [-0.4, -0.2) is 28.5 Å². The highest BCUT2D eigenvalue weighted by Crippen LogP contribution is 2.42. The zero-order valence-corrected chi connectivity index (χ0v) is 16.3. The maximum Gasteiger partial charge on any atom is 0.265 e. The number of carbonyl (C=O) groups excluding carboxylic acids is 2. The summed E-state index contributed by atoms with van der Waals surface area (Å²) < 4.78 is 18.2. The monoisotopic (exact) mass is 416 g/mol. The zero-order valence-electron chi connectivity index (χ0n) is 14.7. The molecule has 1 aromatic carbocycles. The molecule has 5 nitrogen and oxygen atoms in total. The molecule has 1 fully saturated rings. The molecule has 4 rings (SSSR count). The molecule has 3 heterocycles. The highest BCUT2D eigenvalue weighted by Gasteiger charge is 2.43. The summed E-state index contributed by atoms with van der Waals surface area (Å²) in [5, 5.41) is 4.43. The predicted octanol–water partition coefficient (Wildman–Crippen LogP) is 4.05. The number of amides is 2. The Bertz CT molecular complexity index is 943. The van der Waals surface area contributed by atoms with Crippen LogP contribution in [0.4, 0.5) is 4.39 Å². The minimum Gasteiger partial charge on any atom is -0.472 e. The minimum atomic E-state index is -0.597. The molecule has 2 amide bonds. The molecule has 144 valence electrons. The van der Waals surface area contributed by atoms with Gasteiger partial charge in [-0.25, -0.2) is 4.39 Å². The molecule has 28 heavy (non-hydrogen) atoms.